The second-order valence-electron chi connectivity index (χ2n) is 4.68. The van der Waals surface area contributed by atoms with Gasteiger partial charge in [-0.2, -0.15) is 0 Å². The quantitative estimate of drug-likeness (QED) is 0.835. The standard InChI is InChI=1S/C16H17BrN2O2S/c1-2-19(16(21)12-5-7-13(17)8-6-12)11-15(20)18-10-14-4-3-9-22-14/h3-9H,2,10-11H2,1H3,(H,18,20). The molecule has 0 aliphatic heterocycles. The molecule has 0 bridgehead atoms. The van der Waals surface area contributed by atoms with E-state index in [1.165, 1.54) is 4.90 Å². The summed E-state index contributed by atoms with van der Waals surface area (Å²) in [7, 11) is 0. The SMILES string of the molecule is CCN(CC(=O)NCc1cccs1)C(=O)c1ccc(Br)cc1. The van der Waals surface area contributed by atoms with E-state index >= 15 is 0 Å². The van der Waals surface area contributed by atoms with Crippen molar-refractivity contribution in [2.24, 2.45) is 0 Å². The number of carbonyl (C=O) groups is 2. The van der Waals surface area contributed by atoms with Gasteiger partial charge in [-0.25, -0.2) is 0 Å². The van der Waals surface area contributed by atoms with Gasteiger partial charge in [-0.15, -0.1) is 11.3 Å². The van der Waals surface area contributed by atoms with Gasteiger partial charge in [0, 0.05) is 21.5 Å². The predicted octanol–water partition coefficient (Wildman–Crippen LogP) is 3.29. The lowest BCUT2D eigenvalue weighted by Crippen LogP contribution is -2.40. The zero-order valence-corrected chi connectivity index (χ0v) is 14.6. The molecule has 1 heterocycles. The maximum Gasteiger partial charge on any atom is 0.254 e. The Morgan fingerprint density at radius 1 is 1.23 bits per heavy atom. The smallest absolute Gasteiger partial charge is 0.254 e. The molecule has 0 fully saturated rings. The highest BCUT2D eigenvalue weighted by atomic mass is 79.9. The maximum absolute atomic E-state index is 12.4. The summed E-state index contributed by atoms with van der Waals surface area (Å²) >= 11 is 4.93. The average molecular weight is 381 g/mol. The van der Waals surface area contributed by atoms with Crippen LogP contribution in [-0.4, -0.2) is 29.8 Å². The molecular weight excluding hydrogens is 364 g/mol. The first-order valence-electron chi connectivity index (χ1n) is 6.94. The molecule has 4 nitrogen and oxygen atoms in total. The Morgan fingerprint density at radius 3 is 2.55 bits per heavy atom. The van der Waals surface area contributed by atoms with Crippen LogP contribution >= 0.6 is 27.3 Å². The minimum Gasteiger partial charge on any atom is -0.350 e. The van der Waals surface area contributed by atoms with E-state index in [4.69, 9.17) is 0 Å². The summed E-state index contributed by atoms with van der Waals surface area (Å²) < 4.78 is 0.917. The number of rotatable bonds is 6. The van der Waals surface area contributed by atoms with Crippen LogP contribution in [0.15, 0.2) is 46.3 Å². The minimum atomic E-state index is -0.152. The molecule has 0 atom stereocenters. The van der Waals surface area contributed by atoms with Crippen LogP contribution in [0.1, 0.15) is 22.2 Å². The first kappa shape index (κ1) is 16.7. The van der Waals surface area contributed by atoms with Crippen LogP contribution in [0.25, 0.3) is 0 Å². The second kappa shape index (κ2) is 8.10. The highest BCUT2D eigenvalue weighted by Gasteiger charge is 2.17. The number of hydrogen-bond acceptors (Lipinski definition) is 3. The topological polar surface area (TPSA) is 49.4 Å². The predicted molar refractivity (Wildman–Crippen MR) is 91.9 cm³/mol. The molecular formula is C16H17BrN2O2S. The largest absolute Gasteiger partial charge is 0.350 e. The fourth-order valence-corrected chi connectivity index (χ4v) is 2.84. The van der Waals surface area contributed by atoms with Gasteiger partial charge in [0.25, 0.3) is 5.91 Å². The first-order chi connectivity index (χ1) is 10.6. The summed E-state index contributed by atoms with van der Waals surface area (Å²) in [6.07, 6.45) is 0. The zero-order valence-electron chi connectivity index (χ0n) is 12.2. The van der Waals surface area contributed by atoms with Crippen molar-refractivity contribution in [2.45, 2.75) is 13.5 Å². The molecule has 0 saturated carbocycles. The molecule has 1 aromatic carbocycles. The number of thiophene rings is 1. The van der Waals surface area contributed by atoms with E-state index in [9.17, 15) is 9.59 Å². The van der Waals surface area contributed by atoms with Gasteiger partial charge in [0.05, 0.1) is 13.1 Å². The van der Waals surface area contributed by atoms with Crippen molar-refractivity contribution in [1.29, 1.82) is 0 Å². The highest BCUT2D eigenvalue weighted by molar-refractivity contribution is 9.10. The number of nitrogens with zero attached hydrogens (tertiary/aromatic N) is 1. The van der Waals surface area contributed by atoms with E-state index in [2.05, 4.69) is 21.2 Å². The van der Waals surface area contributed by atoms with Crippen molar-refractivity contribution in [3.05, 3.63) is 56.7 Å². The Kier molecular flexibility index (Phi) is 6.15. The lowest BCUT2D eigenvalue weighted by atomic mass is 10.2. The van der Waals surface area contributed by atoms with E-state index in [0.29, 0.717) is 18.7 Å². The Labute approximate surface area is 142 Å². The van der Waals surface area contributed by atoms with Crippen LogP contribution in [-0.2, 0) is 11.3 Å². The number of amides is 2. The molecule has 6 heteroatoms. The molecule has 0 unspecified atom stereocenters. The normalized spacial score (nSPS) is 10.3. The van der Waals surface area contributed by atoms with Gasteiger partial charge in [-0.3, -0.25) is 9.59 Å². The van der Waals surface area contributed by atoms with E-state index in [-0.39, 0.29) is 18.4 Å². The summed E-state index contributed by atoms with van der Waals surface area (Å²) in [6.45, 7) is 2.92. The summed E-state index contributed by atoms with van der Waals surface area (Å²) in [5.41, 5.74) is 0.580. The molecule has 1 aromatic heterocycles. The highest BCUT2D eigenvalue weighted by Crippen LogP contribution is 2.12. The molecule has 2 aromatic rings. The molecule has 0 spiro atoms. The van der Waals surface area contributed by atoms with Crippen LogP contribution < -0.4 is 5.32 Å². The average Bonchev–Trinajstić information content (AvgIpc) is 3.04. The van der Waals surface area contributed by atoms with Crippen LogP contribution in [0.2, 0.25) is 0 Å². The summed E-state index contributed by atoms with van der Waals surface area (Å²) in [6, 6.07) is 11.0. The number of nitrogens with one attached hydrogen (secondary N) is 1. The van der Waals surface area contributed by atoms with Crippen molar-refractivity contribution in [3.63, 3.8) is 0 Å². The molecule has 0 aliphatic rings. The number of halogens is 1. The van der Waals surface area contributed by atoms with Gasteiger partial charge in [0.15, 0.2) is 0 Å². The van der Waals surface area contributed by atoms with Gasteiger partial charge in [0.1, 0.15) is 0 Å². The van der Waals surface area contributed by atoms with E-state index in [1.807, 2.05) is 36.6 Å². The van der Waals surface area contributed by atoms with Crippen molar-refractivity contribution >= 4 is 39.1 Å². The molecule has 22 heavy (non-hydrogen) atoms. The Morgan fingerprint density at radius 2 is 1.95 bits per heavy atom. The zero-order chi connectivity index (χ0) is 15.9. The monoisotopic (exact) mass is 380 g/mol. The third-order valence-electron chi connectivity index (χ3n) is 3.13. The first-order valence-corrected chi connectivity index (χ1v) is 8.61. The lowest BCUT2D eigenvalue weighted by Gasteiger charge is -2.20. The Hall–Kier alpha value is -1.66. The minimum absolute atomic E-state index is 0.0662. The van der Waals surface area contributed by atoms with E-state index in [0.717, 1.165) is 9.35 Å². The molecule has 0 radical (unpaired) electrons. The third kappa shape index (κ3) is 4.68. The van der Waals surface area contributed by atoms with Gasteiger partial charge in [-0.1, -0.05) is 22.0 Å². The Bertz CT molecular complexity index is 626. The Balaban J connectivity index is 1.91. The molecule has 1 N–H and O–H groups in total. The van der Waals surface area contributed by atoms with Gasteiger partial charge < -0.3 is 10.2 Å². The number of hydrogen-bond donors (Lipinski definition) is 1. The fraction of sp³-hybridized carbons (Fsp3) is 0.250. The number of likely N-dealkylation sites (N-methyl/N-ethyl adjacent to an activating group) is 1. The van der Waals surface area contributed by atoms with Crippen LogP contribution in [0.5, 0.6) is 0 Å². The number of benzene rings is 1. The molecule has 0 saturated heterocycles. The van der Waals surface area contributed by atoms with Gasteiger partial charge >= 0.3 is 0 Å². The summed E-state index contributed by atoms with van der Waals surface area (Å²) in [5.74, 6) is -0.290. The summed E-state index contributed by atoms with van der Waals surface area (Å²) in [4.78, 5) is 27.0. The van der Waals surface area contributed by atoms with Gasteiger partial charge in [0.2, 0.25) is 5.91 Å². The van der Waals surface area contributed by atoms with Crippen LogP contribution in [0.4, 0.5) is 0 Å². The van der Waals surface area contributed by atoms with E-state index in [1.54, 1.807) is 23.5 Å². The van der Waals surface area contributed by atoms with Crippen LogP contribution in [0.3, 0.4) is 0 Å². The van der Waals surface area contributed by atoms with Crippen molar-refractivity contribution < 1.29 is 9.59 Å². The third-order valence-corrected chi connectivity index (χ3v) is 4.54. The number of carbonyl (C=O) groups excluding carboxylic acids is 2. The second-order valence-corrected chi connectivity index (χ2v) is 6.63. The molecule has 2 amide bonds. The van der Waals surface area contributed by atoms with Crippen molar-refractivity contribution in [3.8, 4) is 0 Å². The lowest BCUT2D eigenvalue weighted by molar-refractivity contribution is -0.121. The van der Waals surface area contributed by atoms with Crippen molar-refractivity contribution in [1.82, 2.24) is 10.2 Å². The van der Waals surface area contributed by atoms with Crippen molar-refractivity contribution in [2.75, 3.05) is 13.1 Å². The summed E-state index contributed by atoms with van der Waals surface area (Å²) in [5, 5.41) is 4.80. The molecule has 2 rings (SSSR count). The van der Waals surface area contributed by atoms with E-state index < -0.39 is 0 Å². The fourth-order valence-electron chi connectivity index (χ4n) is 1.93. The van der Waals surface area contributed by atoms with Crippen LogP contribution in [0, 0.1) is 0 Å². The molecule has 0 aliphatic carbocycles. The van der Waals surface area contributed by atoms with Gasteiger partial charge in [-0.05, 0) is 42.6 Å². The molecule has 116 valence electrons. The maximum atomic E-state index is 12.4.